The Morgan fingerprint density at radius 1 is 0.955 bits per heavy atom. The monoisotopic (exact) mass is 360 g/mol. The molecule has 7 nitrogen and oxygen atoms in total. The number of hydrogen-bond donors (Lipinski definition) is 2. The van der Waals surface area contributed by atoms with Crippen molar-refractivity contribution < 1.29 is 21.6 Å². The Hall–Kier alpha value is -1.75. The van der Waals surface area contributed by atoms with Crippen molar-refractivity contribution in [2.24, 2.45) is 10.9 Å². The quantitative estimate of drug-likeness (QED) is 0.787. The molecule has 0 atom stereocenters. The summed E-state index contributed by atoms with van der Waals surface area (Å²) in [6, 6.07) is 7.97. The Morgan fingerprint density at radius 2 is 1.50 bits per heavy atom. The molecule has 0 unspecified atom stereocenters. The normalized spacial score (nSPS) is 12.2. The van der Waals surface area contributed by atoms with Crippen molar-refractivity contribution in [2.75, 3.05) is 0 Å². The van der Waals surface area contributed by atoms with Gasteiger partial charge in [0.1, 0.15) is 8.42 Å². The lowest BCUT2D eigenvalue weighted by molar-refractivity contribution is -0.117. The van der Waals surface area contributed by atoms with Crippen LogP contribution in [-0.4, -0.2) is 22.7 Å². The van der Waals surface area contributed by atoms with Gasteiger partial charge in [0.05, 0.1) is 11.3 Å². The van der Waals surface area contributed by atoms with Gasteiger partial charge in [0.2, 0.25) is 25.8 Å². The maximum Gasteiger partial charge on any atom is 0.247 e. The third-order valence-corrected chi connectivity index (χ3v) is 7.50. The standard InChI is InChI=1S/C12H12N2O5S3/c13-10(15)7-8-1-3-9(4-2-8)21(16,17)11-5-6-12(20-11)22(14,18)19/h1-6H,7H2,(H2,13,15)(H2,14,18,19). The lowest BCUT2D eigenvalue weighted by Gasteiger charge is -2.03. The molecule has 2 rings (SSSR count). The van der Waals surface area contributed by atoms with Crippen molar-refractivity contribution in [1.82, 2.24) is 0 Å². The first-order chi connectivity index (χ1) is 10.1. The lowest BCUT2D eigenvalue weighted by atomic mass is 10.1. The molecule has 2 aromatic rings. The van der Waals surface area contributed by atoms with Crippen molar-refractivity contribution in [2.45, 2.75) is 19.7 Å². The van der Waals surface area contributed by atoms with Crippen LogP contribution in [0.2, 0.25) is 0 Å². The molecule has 22 heavy (non-hydrogen) atoms. The van der Waals surface area contributed by atoms with Crippen LogP contribution in [0, 0.1) is 0 Å². The zero-order chi connectivity index (χ0) is 16.5. The molecule has 1 heterocycles. The number of carbonyl (C=O) groups is 1. The maximum absolute atomic E-state index is 12.4. The highest BCUT2D eigenvalue weighted by Crippen LogP contribution is 2.29. The minimum absolute atomic E-state index is 0.00882. The molecule has 1 aromatic heterocycles. The number of nitrogens with two attached hydrogens (primary N) is 2. The van der Waals surface area contributed by atoms with Crippen molar-refractivity contribution in [3.8, 4) is 0 Å². The molecule has 118 valence electrons. The number of sulfone groups is 1. The Morgan fingerprint density at radius 3 is 1.95 bits per heavy atom. The molecule has 0 aliphatic rings. The van der Waals surface area contributed by atoms with E-state index in [-0.39, 0.29) is 19.7 Å². The van der Waals surface area contributed by atoms with Crippen molar-refractivity contribution in [3.63, 3.8) is 0 Å². The fourth-order valence-corrected chi connectivity index (χ4v) is 5.30. The van der Waals surface area contributed by atoms with Crippen molar-refractivity contribution in [3.05, 3.63) is 42.0 Å². The molecule has 1 amide bonds. The van der Waals surface area contributed by atoms with E-state index in [1.54, 1.807) is 0 Å². The fourth-order valence-electron chi connectivity index (χ4n) is 1.70. The fraction of sp³-hybridized carbons (Fsp3) is 0.0833. The number of hydrogen-bond acceptors (Lipinski definition) is 6. The van der Waals surface area contributed by atoms with Crippen LogP contribution in [-0.2, 0) is 31.1 Å². The second-order valence-electron chi connectivity index (χ2n) is 4.41. The summed E-state index contributed by atoms with van der Waals surface area (Å²) >= 11 is 0.581. The molecular formula is C12H12N2O5S3. The van der Waals surface area contributed by atoms with E-state index in [0.29, 0.717) is 16.9 Å². The molecule has 0 bridgehead atoms. The van der Waals surface area contributed by atoms with E-state index in [4.69, 9.17) is 10.9 Å². The van der Waals surface area contributed by atoms with Gasteiger partial charge in [-0.25, -0.2) is 22.0 Å². The summed E-state index contributed by atoms with van der Waals surface area (Å²) in [6.07, 6.45) is 0.00882. The largest absolute Gasteiger partial charge is 0.369 e. The van der Waals surface area contributed by atoms with Gasteiger partial charge in [-0.3, -0.25) is 4.79 Å². The molecule has 0 saturated carbocycles. The van der Waals surface area contributed by atoms with Crippen LogP contribution in [0.1, 0.15) is 5.56 Å². The lowest BCUT2D eigenvalue weighted by Crippen LogP contribution is -2.13. The number of rotatable bonds is 5. The average Bonchev–Trinajstić information content (AvgIpc) is 2.88. The van der Waals surface area contributed by atoms with Gasteiger partial charge in [-0.05, 0) is 29.8 Å². The second-order valence-corrected chi connectivity index (χ2v) is 9.46. The van der Waals surface area contributed by atoms with Gasteiger partial charge in [0, 0.05) is 0 Å². The highest BCUT2D eigenvalue weighted by Gasteiger charge is 2.22. The summed E-state index contributed by atoms with van der Waals surface area (Å²) in [5.74, 6) is -0.522. The third kappa shape index (κ3) is 3.53. The van der Waals surface area contributed by atoms with Gasteiger partial charge in [0.15, 0.2) is 0 Å². The van der Waals surface area contributed by atoms with Gasteiger partial charge < -0.3 is 5.73 Å². The van der Waals surface area contributed by atoms with E-state index in [2.05, 4.69) is 0 Å². The molecule has 0 spiro atoms. The highest BCUT2D eigenvalue weighted by atomic mass is 32.3. The van der Waals surface area contributed by atoms with Crippen LogP contribution in [0.4, 0.5) is 0 Å². The van der Waals surface area contributed by atoms with E-state index in [0.717, 1.165) is 6.07 Å². The molecule has 0 aliphatic carbocycles. The summed E-state index contributed by atoms with van der Waals surface area (Å²) in [5, 5.41) is 4.96. The molecule has 0 radical (unpaired) electrons. The number of benzene rings is 1. The van der Waals surface area contributed by atoms with Gasteiger partial charge >= 0.3 is 0 Å². The van der Waals surface area contributed by atoms with Crippen molar-refractivity contribution >= 4 is 37.1 Å². The van der Waals surface area contributed by atoms with E-state index in [9.17, 15) is 21.6 Å². The van der Waals surface area contributed by atoms with E-state index in [1.807, 2.05) is 0 Å². The first-order valence-electron chi connectivity index (χ1n) is 5.85. The van der Waals surface area contributed by atoms with E-state index < -0.39 is 25.8 Å². The molecular weight excluding hydrogens is 348 g/mol. The summed E-state index contributed by atoms with van der Waals surface area (Å²) in [7, 11) is -7.78. The average molecular weight is 360 g/mol. The van der Waals surface area contributed by atoms with E-state index in [1.165, 1.54) is 30.3 Å². The second kappa shape index (κ2) is 5.80. The number of thiophene rings is 1. The Kier molecular flexibility index (Phi) is 4.38. The maximum atomic E-state index is 12.4. The number of primary amides is 1. The Labute approximate surface area is 131 Å². The summed E-state index contributed by atoms with van der Waals surface area (Å²) in [6.45, 7) is 0. The van der Waals surface area contributed by atoms with Crippen molar-refractivity contribution in [1.29, 1.82) is 0 Å². The molecule has 1 aromatic carbocycles. The minimum atomic E-state index is -3.94. The number of amides is 1. The van der Waals surface area contributed by atoms with Crippen LogP contribution >= 0.6 is 11.3 Å². The number of carbonyl (C=O) groups excluding carboxylic acids is 1. The summed E-state index contributed by atoms with van der Waals surface area (Å²) in [5.41, 5.74) is 5.64. The first kappa shape index (κ1) is 16.6. The first-order valence-corrected chi connectivity index (χ1v) is 9.70. The third-order valence-electron chi connectivity index (χ3n) is 2.71. The van der Waals surface area contributed by atoms with E-state index >= 15 is 0 Å². The predicted molar refractivity (Wildman–Crippen MR) is 80.5 cm³/mol. The molecule has 0 fully saturated rings. The summed E-state index contributed by atoms with van der Waals surface area (Å²) in [4.78, 5) is 10.8. The van der Waals surface area contributed by atoms with Crippen LogP contribution < -0.4 is 10.9 Å². The summed E-state index contributed by atoms with van der Waals surface area (Å²) < 4.78 is 46.8. The molecule has 0 aliphatic heterocycles. The van der Waals surface area contributed by atoms with Gasteiger partial charge in [-0.2, -0.15) is 0 Å². The predicted octanol–water partition coefficient (Wildman–Crippen LogP) is 0.256. The van der Waals surface area contributed by atoms with Crippen LogP contribution in [0.25, 0.3) is 0 Å². The van der Waals surface area contributed by atoms with Crippen LogP contribution in [0.3, 0.4) is 0 Å². The van der Waals surface area contributed by atoms with Gasteiger partial charge in [-0.1, -0.05) is 12.1 Å². The smallest absolute Gasteiger partial charge is 0.247 e. The zero-order valence-electron chi connectivity index (χ0n) is 11.1. The van der Waals surface area contributed by atoms with Crippen LogP contribution in [0.15, 0.2) is 49.7 Å². The Bertz CT molecular complexity index is 912. The molecule has 0 saturated heterocycles. The number of sulfonamides is 1. The van der Waals surface area contributed by atoms with Gasteiger partial charge in [0.25, 0.3) is 0 Å². The SMILES string of the molecule is NC(=O)Cc1ccc(S(=O)(=O)c2ccc(S(N)(=O)=O)s2)cc1. The Balaban J connectivity index is 2.38. The minimum Gasteiger partial charge on any atom is -0.369 e. The highest BCUT2D eigenvalue weighted by molar-refractivity contribution is 7.95. The van der Waals surface area contributed by atoms with Gasteiger partial charge in [-0.15, -0.1) is 11.3 Å². The molecule has 4 N–H and O–H groups in total. The topological polar surface area (TPSA) is 137 Å². The number of primary sulfonamides is 1. The molecule has 10 heteroatoms. The van der Waals surface area contributed by atoms with Crippen LogP contribution in [0.5, 0.6) is 0 Å². The zero-order valence-corrected chi connectivity index (χ0v) is 13.5.